The first-order chi connectivity index (χ1) is 13.2. The number of carbonyl (C=O) groups excluding carboxylic acids is 1. The Morgan fingerprint density at radius 2 is 2.15 bits per heavy atom. The zero-order valence-electron chi connectivity index (χ0n) is 15.3. The molecule has 1 aromatic heterocycles. The molecule has 0 spiro atoms. The van der Waals surface area contributed by atoms with Crippen LogP contribution in [0.2, 0.25) is 0 Å². The van der Waals surface area contributed by atoms with Crippen molar-refractivity contribution in [3.63, 3.8) is 0 Å². The van der Waals surface area contributed by atoms with E-state index in [1.54, 1.807) is 13.0 Å². The van der Waals surface area contributed by atoms with Crippen LogP contribution in [-0.4, -0.2) is 37.7 Å². The Hall–Kier alpha value is -2.74. The number of esters is 1. The highest BCUT2D eigenvalue weighted by atomic mass is 16.7. The molecule has 0 radical (unpaired) electrons. The molecule has 27 heavy (non-hydrogen) atoms. The summed E-state index contributed by atoms with van der Waals surface area (Å²) in [6.45, 7) is 3.36. The molecule has 146 valence electrons. The molecule has 8 nitrogen and oxygen atoms in total. The molecule has 0 saturated carbocycles. The molecule has 2 aromatic rings. The minimum atomic E-state index is -0.265. The Morgan fingerprint density at radius 3 is 2.96 bits per heavy atom. The second-order valence-electron chi connectivity index (χ2n) is 6.15. The van der Waals surface area contributed by atoms with Crippen molar-refractivity contribution in [3.05, 3.63) is 35.6 Å². The number of rotatable bonds is 10. The molecule has 0 bridgehead atoms. The molecule has 0 fully saturated rings. The number of nitrogens with zero attached hydrogens (tertiary/aromatic N) is 1. The van der Waals surface area contributed by atoms with E-state index in [9.17, 15) is 4.79 Å². The van der Waals surface area contributed by atoms with Crippen LogP contribution >= 0.6 is 0 Å². The van der Waals surface area contributed by atoms with Crippen molar-refractivity contribution in [3.8, 4) is 17.4 Å². The largest absolute Gasteiger partial charge is 0.475 e. The lowest BCUT2D eigenvalue weighted by Gasteiger charge is -2.15. The van der Waals surface area contributed by atoms with E-state index in [0.29, 0.717) is 49.3 Å². The van der Waals surface area contributed by atoms with E-state index in [2.05, 4.69) is 5.16 Å². The van der Waals surface area contributed by atoms with Gasteiger partial charge in [0.15, 0.2) is 11.5 Å². The summed E-state index contributed by atoms with van der Waals surface area (Å²) in [6, 6.07) is 7.40. The number of benzene rings is 1. The van der Waals surface area contributed by atoms with Crippen LogP contribution < -0.4 is 19.9 Å². The predicted molar refractivity (Wildman–Crippen MR) is 95.9 cm³/mol. The third kappa shape index (κ3) is 5.13. The van der Waals surface area contributed by atoms with Gasteiger partial charge in [-0.2, -0.15) is 0 Å². The number of hydrogen-bond donors (Lipinski definition) is 1. The summed E-state index contributed by atoms with van der Waals surface area (Å²) in [4.78, 5) is 12.1. The van der Waals surface area contributed by atoms with Gasteiger partial charge in [-0.1, -0.05) is 6.07 Å². The average molecular weight is 376 g/mol. The standard InChI is InChI=1S/C19H24N2O6/c1-2-23-19(22)10-14(13-4-5-16-17(9-13)26-12-25-16)8-15-11-18(21-27-15)24-7-3-6-20/h4-5,9,11,14H,2-3,6-8,10,12,20H2,1H3. The zero-order valence-corrected chi connectivity index (χ0v) is 15.3. The Balaban J connectivity index is 1.73. The highest BCUT2D eigenvalue weighted by Crippen LogP contribution is 2.36. The molecule has 0 saturated heterocycles. The number of hydrogen-bond acceptors (Lipinski definition) is 8. The van der Waals surface area contributed by atoms with Crippen LogP contribution in [0.15, 0.2) is 28.8 Å². The fourth-order valence-corrected chi connectivity index (χ4v) is 2.86. The third-order valence-corrected chi connectivity index (χ3v) is 4.17. The molecule has 1 aromatic carbocycles. The van der Waals surface area contributed by atoms with Gasteiger partial charge < -0.3 is 29.2 Å². The van der Waals surface area contributed by atoms with Gasteiger partial charge in [-0.25, -0.2) is 0 Å². The van der Waals surface area contributed by atoms with E-state index < -0.39 is 0 Å². The minimum absolute atomic E-state index is 0.150. The van der Waals surface area contributed by atoms with Crippen LogP contribution in [0.3, 0.4) is 0 Å². The molecule has 1 unspecified atom stereocenters. The number of carbonyl (C=O) groups is 1. The van der Waals surface area contributed by atoms with Gasteiger partial charge in [-0.15, -0.1) is 0 Å². The first kappa shape index (κ1) is 19.0. The summed E-state index contributed by atoms with van der Waals surface area (Å²) >= 11 is 0. The molecule has 0 aliphatic carbocycles. The van der Waals surface area contributed by atoms with Crippen LogP contribution in [0.5, 0.6) is 17.4 Å². The Labute approximate surface area is 157 Å². The maximum Gasteiger partial charge on any atom is 0.306 e. The molecule has 0 amide bonds. The van der Waals surface area contributed by atoms with E-state index in [-0.39, 0.29) is 25.1 Å². The fourth-order valence-electron chi connectivity index (χ4n) is 2.86. The lowest BCUT2D eigenvalue weighted by atomic mass is 9.91. The van der Waals surface area contributed by atoms with E-state index in [1.165, 1.54) is 0 Å². The van der Waals surface area contributed by atoms with Gasteiger partial charge >= 0.3 is 5.97 Å². The average Bonchev–Trinajstić information content (AvgIpc) is 3.30. The number of ether oxygens (including phenoxy) is 4. The molecule has 3 rings (SSSR count). The smallest absolute Gasteiger partial charge is 0.306 e. The molecule has 2 heterocycles. The quantitative estimate of drug-likeness (QED) is 0.498. The van der Waals surface area contributed by atoms with Crippen molar-refractivity contribution in [1.29, 1.82) is 0 Å². The predicted octanol–water partition coefficient (Wildman–Crippen LogP) is 2.41. The number of aromatic nitrogens is 1. The van der Waals surface area contributed by atoms with Gasteiger partial charge in [0.2, 0.25) is 6.79 Å². The maximum absolute atomic E-state index is 12.1. The molecule has 1 aliphatic rings. The molecule has 2 N–H and O–H groups in total. The molecule has 1 aliphatic heterocycles. The van der Waals surface area contributed by atoms with Gasteiger partial charge in [0.05, 0.1) is 19.6 Å². The third-order valence-electron chi connectivity index (χ3n) is 4.17. The van der Waals surface area contributed by atoms with Gasteiger partial charge in [0, 0.05) is 18.4 Å². The second kappa shape index (κ2) is 9.27. The van der Waals surface area contributed by atoms with E-state index in [0.717, 1.165) is 12.0 Å². The zero-order chi connectivity index (χ0) is 19.1. The molecular weight excluding hydrogens is 352 g/mol. The van der Waals surface area contributed by atoms with Gasteiger partial charge in [-0.05, 0) is 42.7 Å². The number of nitrogens with two attached hydrogens (primary N) is 1. The molecule has 8 heteroatoms. The summed E-state index contributed by atoms with van der Waals surface area (Å²) in [5, 5.41) is 3.91. The Morgan fingerprint density at radius 1 is 1.30 bits per heavy atom. The van der Waals surface area contributed by atoms with Crippen LogP contribution in [-0.2, 0) is 16.0 Å². The Kier molecular flexibility index (Phi) is 6.54. The first-order valence-electron chi connectivity index (χ1n) is 9.03. The lowest BCUT2D eigenvalue weighted by molar-refractivity contribution is -0.143. The summed E-state index contributed by atoms with van der Waals surface area (Å²) in [5.74, 6) is 2.00. The summed E-state index contributed by atoms with van der Waals surface area (Å²) in [5.41, 5.74) is 6.39. The second-order valence-corrected chi connectivity index (χ2v) is 6.15. The van der Waals surface area contributed by atoms with Crippen molar-refractivity contribution in [1.82, 2.24) is 5.16 Å². The van der Waals surface area contributed by atoms with E-state index >= 15 is 0 Å². The van der Waals surface area contributed by atoms with Crippen molar-refractivity contribution >= 4 is 5.97 Å². The molecule has 1 atom stereocenters. The van der Waals surface area contributed by atoms with Crippen LogP contribution in [0.25, 0.3) is 0 Å². The monoisotopic (exact) mass is 376 g/mol. The van der Waals surface area contributed by atoms with Gasteiger partial charge in [-0.3, -0.25) is 4.79 Å². The summed E-state index contributed by atoms with van der Waals surface area (Å²) in [7, 11) is 0. The van der Waals surface area contributed by atoms with Crippen molar-refractivity contribution in [2.45, 2.75) is 32.1 Å². The van der Waals surface area contributed by atoms with Crippen molar-refractivity contribution in [2.75, 3.05) is 26.6 Å². The van der Waals surface area contributed by atoms with Gasteiger partial charge in [0.25, 0.3) is 5.88 Å². The van der Waals surface area contributed by atoms with E-state index in [4.69, 9.17) is 29.2 Å². The number of fused-ring (bicyclic) bond motifs is 1. The molecular formula is C19H24N2O6. The van der Waals surface area contributed by atoms with Crippen molar-refractivity contribution in [2.24, 2.45) is 5.73 Å². The summed E-state index contributed by atoms with van der Waals surface area (Å²) < 4.78 is 26.8. The van der Waals surface area contributed by atoms with Crippen LogP contribution in [0, 0.1) is 0 Å². The summed E-state index contributed by atoms with van der Waals surface area (Å²) in [6.07, 6.45) is 1.44. The maximum atomic E-state index is 12.1. The highest BCUT2D eigenvalue weighted by molar-refractivity contribution is 5.70. The van der Waals surface area contributed by atoms with E-state index in [1.807, 2.05) is 18.2 Å². The van der Waals surface area contributed by atoms with Crippen molar-refractivity contribution < 1.29 is 28.3 Å². The normalized spacial score (nSPS) is 13.4. The lowest BCUT2D eigenvalue weighted by Crippen LogP contribution is -2.12. The van der Waals surface area contributed by atoms with Crippen LogP contribution in [0.1, 0.15) is 37.0 Å². The van der Waals surface area contributed by atoms with Gasteiger partial charge in [0.1, 0.15) is 5.76 Å². The van der Waals surface area contributed by atoms with Crippen LogP contribution in [0.4, 0.5) is 0 Å². The SMILES string of the molecule is CCOC(=O)CC(Cc1cc(OCCCN)no1)c1ccc2c(c1)OCO2. The minimum Gasteiger partial charge on any atom is -0.475 e. The highest BCUT2D eigenvalue weighted by Gasteiger charge is 2.23. The topological polar surface area (TPSA) is 106 Å². The fraction of sp³-hybridized carbons (Fsp3) is 0.474. The first-order valence-corrected chi connectivity index (χ1v) is 9.03. The Bertz CT molecular complexity index is 760.